The highest BCUT2D eigenvalue weighted by Gasteiger charge is 2.05. The predicted octanol–water partition coefficient (Wildman–Crippen LogP) is 1.01. The molecule has 4 nitrogen and oxygen atoms in total. The summed E-state index contributed by atoms with van der Waals surface area (Å²) in [4.78, 5) is 10.1. The van der Waals surface area contributed by atoms with Gasteiger partial charge in [0.15, 0.2) is 0 Å². The maximum Gasteiger partial charge on any atom is 0.328 e. The van der Waals surface area contributed by atoms with Gasteiger partial charge in [-0.05, 0) is 22.4 Å². The fraction of sp³-hybridized carbons (Fsp3) is 0.300. The van der Waals surface area contributed by atoms with Crippen molar-refractivity contribution in [3.63, 3.8) is 0 Å². The third-order valence-electron chi connectivity index (χ3n) is 1.79. The summed E-state index contributed by atoms with van der Waals surface area (Å²) in [6.07, 6.45) is 2.04. The van der Waals surface area contributed by atoms with Crippen molar-refractivity contribution in [1.29, 1.82) is 0 Å². The molecule has 0 aliphatic carbocycles. The van der Waals surface area contributed by atoms with E-state index in [2.05, 4.69) is 5.32 Å². The van der Waals surface area contributed by atoms with Crippen molar-refractivity contribution in [2.75, 3.05) is 13.1 Å². The molecule has 1 aromatic heterocycles. The highest BCUT2D eigenvalue weighted by atomic mass is 32.1. The quantitative estimate of drug-likeness (QED) is 0.501. The summed E-state index contributed by atoms with van der Waals surface area (Å²) in [6.45, 7) is 0.855. The number of aliphatic hydroxyl groups excluding tert-OH is 1. The number of thiophene rings is 1. The number of hydrogen-bond donors (Lipinski definition) is 3. The Morgan fingerprint density at radius 1 is 1.67 bits per heavy atom. The van der Waals surface area contributed by atoms with Crippen molar-refractivity contribution in [2.24, 2.45) is 0 Å². The highest BCUT2D eigenvalue weighted by molar-refractivity contribution is 7.07. The number of carbonyl (C=O) groups is 1. The van der Waals surface area contributed by atoms with Crippen LogP contribution in [0.5, 0.6) is 0 Å². The van der Waals surface area contributed by atoms with Crippen molar-refractivity contribution in [3.05, 3.63) is 34.5 Å². The van der Waals surface area contributed by atoms with Crippen LogP contribution < -0.4 is 5.32 Å². The van der Waals surface area contributed by atoms with Crippen LogP contribution >= 0.6 is 11.3 Å². The monoisotopic (exact) mass is 227 g/mol. The first-order valence-electron chi connectivity index (χ1n) is 4.50. The predicted molar refractivity (Wildman–Crippen MR) is 58.9 cm³/mol. The summed E-state index contributed by atoms with van der Waals surface area (Å²) >= 11 is 1.54. The second-order valence-electron chi connectivity index (χ2n) is 2.97. The minimum Gasteiger partial charge on any atom is -0.478 e. The molecule has 0 spiro atoms. The van der Waals surface area contributed by atoms with E-state index in [0.29, 0.717) is 13.1 Å². The number of nitrogens with one attached hydrogen (secondary N) is 1. The third kappa shape index (κ3) is 4.73. The van der Waals surface area contributed by atoms with E-state index in [4.69, 9.17) is 5.11 Å². The van der Waals surface area contributed by atoms with Gasteiger partial charge in [-0.15, -0.1) is 0 Å². The van der Waals surface area contributed by atoms with Crippen molar-refractivity contribution in [3.8, 4) is 0 Å². The van der Waals surface area contributed by atoms with E-state index < -0.39 is 12.1 Å². The third-order valence-corrected chi connectivity index (χ3v) is 2.49. The maximum atomic E-state index is 10.1. The van der Waals surface area contributed by atoms with Crippen LogP contribution in [0.2, 0.25) is 0 Å². The number of rotatable bonds is 6. The number of carboxylic acids is 1. The van der Waals surface area contributed by atoms with Gasteiger partial charge in [0.2, 0.25) is 0 Å². The lowest BCUT2D eigenvalue weighted by Gasteiger charge is -2.08. The van der Waals surface area contributed by atoms with Crippen LogP contribution in [-0.2, 0) is 4.79 Å². The molecular weight excluding hydrogens is 214 g/mol. The molecule has 1 heterocycles. The summed E-state index contributed by atoms with van der Waals surface area (Å²) in [5.74, 6) is -0.963. The van der Waals surface area contributed by atoms with E-state index in [9.17, 15) is 9.90 Å². The van der Waals surface area contributed by atoms with Crippen LogP contribution in [-0.4, -0.2) is 29.3 Å². The van der Waals surface area contributed by atoms with E-state index in [1.807, 2.05) is 16.8 Å². The normalized spacial score (nSPS) is 13.1. The molecule has 82 valence electrons. The lowest BCUT2D eigenvalue weighted by Crippen LogP contribution is -2.21. The zero-order chi connectivity index (χ0) is 11.1. The molecule has 0 saturated carbocycles. The molecule has 15 heavy (non-hydrogen) atoms. The summed E-state index contributed by atoms with van der Waals surface area (Å²) in [6, 6.07) is 1.87. The molecule has 0 aliphatic rings. The first-order valence-corrected chi connectivity index (χ1v) is 5.45. The Hall–Kier alpha value is -1.17. The average Bonchev–Trinajstić information content (AvgIpc) is 2.69. The molecule has 0 radical (unpaired) electrons. The van der Waals surface area contributed by atoms with E-state index in [0.717, 1.165) is 11.6 Å². The first-order chi connectivity index (χ1) is 7.20. The molecular formula is C10H13NO3S. The van der Waals surface area contributed by atoms with Gasteiger partial charge >= 0.3 is 5.97 Å². The van der Waals surface area contributed by atoms with Crippen LogP contribution in [0.25, 0.3) is 0 Å². The van der Waals surface area contributed by atoms with Gasteiger partial charge in [-0.2, -0.15) is 11.3 Å². The number of aliphatic hydroxyl groups is 1. The average molecular weight is 227 g/mol. The molecule has 0 bridgehead atoms. The minimum atomic E-state index is -0.963. The Bertz CT molecular complexity index is 321. The SMILES string of the molecule is O=C(O)/C=C/CNCC(O)c1ccsc1. The fourth-order valence-corrected chi connectivity index (χ4v) is 1.75. The maximum absolute atomic E-state index is 10.1. The van der Waals surface area contributed by atoms with Gasteiger partial charge < -0.3 is 15.5 Å². The molecule has 0 aromatic carbocycles. The Labute approximate surface area is 91.9 Å². The van der Waals surface area contributed by atoms with E-state index in [1.165, 1.54) is 17.4 Å². The molecule has 5 heteroatoms. The molecule has 0 fully saturated rings. The van der Waals surface area contributed by atoms with Gasteiger partial charge in [0, 0.05) is 19.2 Å². The van der Waals surface area contributed by atoms with Crippen LogP contribution in [0.3, 0.4) is 0 Å². The van der Waals surface area contributed by atoms with E-state index in [-0.39, 0.29) is 0 Å². The van der Waals surface area contributed by atoms with Crippen LogP contribution in [0.1, 0.15) is 11.7 Å². The van der Waals surface area contributed by atoms with Gasteiger partial charge in [-0.1, -0.05) is 6.08 Å². The molecule has 1 rings (SSSR count). The fourth-order valence-electron chi connectivity index (χ4n) is 1.05. The zero-order valence-corrected chi connectivity index (χ0v) is 8.91. The van der Waals surface area contributed by atoms with Crippen LogP contribution in [0.4, 0.5) is 0 Å². The Morgan fingerprint density at radius 3 is 3.07 bits per heavy atom. The Balaban J connectivity index is 2.18. The Morgan fingerprint density at radius 2 is 2.47 bits per heavy atom. The second kappa shape index (κ2) is 6.34. The molecule has 1 atom stereocenters. The largest absolute Gasteiger partial charge is 0.478 e. The van der Waals surface area contributed by atoms with Gasteiger partial charge in [0.25, 0.3) is 0 Å². The van der Waals surface area contributed by atoms with Crippen molar-refractivity contribution < 1.29 is 15.0 Å². The summed E-state index contributed by atoms with van der Waals surface area (Å²) < 4.78 is 0. The molecule has 0 amide bonds. The number of aliphatic carboxylic acids is 1. The van der Waals surface area contributed by atoms with Crippen LogP contribution in [0.15, 0.2) is 29.0 Å². The standard InChI is InChI=1S/C10H13NO3S/c12-9(8-3-5-15-7-8)6-11-4-1-2-10(13)14/h1-3,5,7,9,11-12H,4,6H2,(H,13,14)/b2-1+. The summed E-state index contributed by atoms with van der Waals surface area (Å²) in [7, 11) is 0. The van der Waals surface area contributed by atoms with Gasteiger partial charge in [-0.3, -0.25) is 0 Å². The molecule has 1 unspecified atom stereocenters. The van der Waals surface area contributed by atoms with Crippen molar-refractivity contribution in [1.82, 2.24) is 5.32 Å². The molecule has 1 aromatic rings. The Kier molecular flexibility index (Phi) is 5.03. The molecule has 0 aliphatic heterocycles. The van der Waals surface area contributed by atoms with Gasteiger partial charge in [0.05, 0.1) is 6.10 Å². The van der Waals surface area contributed by atoms with E-state index in [1.54, 1.807) is 0 Å². The zero-order valence-electron chi connectivity index (χ0n) is 8.09. The van der Waals surface area contributed by atoms with Crippen molar-refractivity contribution >= 4 is 17.3 Å². The smallest absolute Gasteiger partial charge is 0.328 e. The second-order valence-corrected chi connectivity index (χ2v) is 3.75. The molecule has 3 N–H and O–H groups in total. The van der Waals surface area contributed by atoms with Gasteiger partial charge in [-0.25, -0.2) is 4.79 Å². The topological polar surface area (TPSA) is 69.6 Å². The summed E-state index contributed by atoms with van der Waals surface area (Å²) in [5, 5.41) is 24.7. The molecule has 0 saturated heterocycles. The van der Waals surface area contributed by atoms with E-state index >= 15 is 0 Å². The van der Waals surface area contributed by atoms with Gasteiger partial charge in [0.1, 0.15) is 0 Å². The minimum absolute atomic E-state index is 0.417. The lowest BCUT2D eigenvalue weighted by molar-refractivity contribution is -0.131. The van der Waals surface area contributed by atoms with Crippen LogP contribution in [0, 0.1) is 0 Å². The first kappa shape index (κ1) is 11.9. The lowest BCUT2D eigenvalue weighted by atomic mass is 10.2. The number of carboxylic acid groups (broad SMARTS) is 1. The number of hydrogen-bond acceptors (Lipinski definition) is 4. The van der Waals surface area contributed by atoms with Crippen molar-refractivity contribution in [2.45, 2.75) is 6.10 Å². The highest BCUT2D eigenvalue weighted by Crippen LogP contribution is 2.14. The summed E-state index contributed by atoms with van der Waals surface area (Å²) in [5.41, 5.74) is 0.884.